The van der Waals surface area contributed by atoms with Gasteiger partial charge in [-0.2, -0.15) is 4.99 Å². The second-order valence-electron chi connectivity index (χ2n) is 6.50. The van der Waals surface area contributed by atoms with Gasteiger partial charge in [-0.05, 0) is 35.4 Å². The van der Waals surface area contributed by atoms with Crippen molar-refractivity contribution in [3.8, 4) is 5.75 Å². The molecule has 6 heteroatoms. The predicted molar refractivity (Wildman–Crippen MR) is 118 cm³/mol. The molecule has 3 aromatic rings. The van der Waals surface area contributed by atoms with Gasteiger partial charge in [0.1, 0.15) is 17.6 Å². The van der Waals surface area contributed by atoms with Crippen molar-refractivity contribution < 1.29 is 9.53 Å². The number of rotatable bonds is 5. The number of benzene rings is 3. The number of carbonyl (C=O) groups is 1. The highest BCUT2D eigenvalue weighted by Gasteiger charge is 2.37. The van der Waals surface area contributed by atoms with Crippen LogP contribution in [0.4, 0.5) is 10.5 Å². The standard InChI is InChI=1S/C23H21N3O2.ClH/c1-28-20-14-12-19(13-15-20)26-21(18-10-6-3-7-11-18)22(25-23(26)27)24-16-17-8-4-2-5-9-17;/h2-15,21H,16H2,1H3,(H,24,25,27);1H. The summed E-state index contributed by atoms with van der Waals surface area (Å²) in [6, 6.07) is 26.9. The van der Waals surface area contributed by atoms with Crippen LogP contribution in [0.2, 0.25) is 0 Å². The number of hydrogen-bond donors (Lipinski definition) is 1. The van der Waals surface area contributed by atoms with Crippen LogP contribution in [0.15, 0.2) is 89.9 Å². The molecule has 1 unspecified atom stereocenters. The lowest BCUT2D eigenvalue weighted by atomic mass is 10.0. The van der Waals surface area contributed by atoms with Crippen molar-refractivity contribution in [2.75, 3.05) is 12.0 Å². The van der Waals surface area contributed by atoms with Crippen molar-refractivity contribution in [3.63, 3.8) is 0 Å². The maximum absolute atomic E-state index is 12.8. The first-order valence-corrected chi connectivity index (χ1v) is 9.15. The number of hydrogen-bond acceptors (Lipinski definition) is 3. The maximum Gasteiger partial charge on any atom is 0.350 e. The fourth-order valence-electron chi connectivity index (χ4n) is 3.32. The van der Waals surface area contributed by atoms with Gasteiger partial charge in [0.25, 0.3) is 0 Å². The van der Waals surface area contributed by atoms with Crippen LogP contribution in [-0.4, -0.2) is 19.0 Å². The Kier molecular flexibility index (Phi) is 6.52. The molecule has 1 heterocycles. The van der Waals surface area contributed by atoms with Gasteiger partial charge in [0.15, 0.2) is 0 Å². The van der Waals surface area contributed by atoms with E-state index in [0.717, 1.165) is 22.6 Å². The van der Waals surface area contributed by atoms with Gasteiger partial charge in [0.2, 0.25) is 0 Å². The number of aliphatic imine (C=N–C) groups is 1. The summed E-state index contributed by atoms with van der Waals surface area (Å²) in [4.78, 5) is 18.8. The number of amides is 2. The second-order valence-corrected chi connectivity index (χ2v) is 6.50. The van der Waals surface area contributed by atoms with Crippen LogP contribution in [-0.2, 0) is 6.54 Å². The average molecular weight is 408 g/mol. The number of nitrogens with zero attached hydrogens (tertiary/aromatic N) is 2. The Morgan fingerprint density at radius 2 is 1.55 bits per heavy atom. The predicted octanol–water partition coefficient (Wildman–Crippen LogP) is 4.99. The zero-order valence-electron chi connectivity index (χ0n) is 16.0. The number of urea groups is 1. The highest BCUT2D eigenvalue weighted by molar-refractivity contribution is 6.13. The van der Waals surface area contributed by atoms with Gasteiger partial charge in [-0.1, -0.05) is 60.7 Å². The van der Waals surface area contributed by atoms with Crippen LogP contribution in [0.3, 0.4) is 0 Å². The van der Waals surface area contributed by atoms with Crippen LogP contribution in [0.5, 0.6) is 5.75 Å². The van der Waals surface area contributed by atoms with Gasteiger partial charge in [-0.3, -0.25) is 4.90 Å². The Balaban J connectivity index is 0.00000240. The molecule has 29 heavy (non-hydrogen) atoms. The van der Waals surface area contributed by atoms with Crippen LogP contribution >= 0.6 is 12.4 Å². The van der Waals surface area contributed by atoms with Crippen molar-refractivity contribution in [3.05, 3.63) is 96.1 Å². The van der Waals surface area contributed by atoms with Crippen molar-refractivity contribution in [2.24, 2.45) is 4.99 Å². The number of methoxy groups -OCH3 is 1. The Morgan fingerprint density at radius 1 is 0.931 bits per heavy atom. The van der Waals surface area contributed by atoms with E-state index in [2.05, 4.69) is 10.3 Å². The highest BCUT2D eigenvalue weighted by Crippen LogP contribution is 2.33. The molecule has 0 fully saturated rings. The van der Waals surface area contributed by atoms with E-state index in [0.29, 0.717) is 12.4 Å². The molecule has 0 bridgehead atoms. The maximum atomic E-state index is 12.8. The van der Waals surface area contributed by atoms with Crippen LogP contribution in [0, 0.1) is 0 Å². The van der Waals surface area contributed by atoms with Crippen LogP contribution < -0.4 is 15.0 Å². The highest BCUT2D eigenvalue weighted by atomic mass is 35.5. The Hall–Kier alpha value is -3.31. The third-order valence-electron chi connectivity index (χ3n) is 4.72. The van der Waals surface area contributed by atoms with E-state index in [-0.39, 0.29) is 24.5 Å². The molecule has 3 aromatic carbocycles. The van der Waals surface area contributed by atoms with Gasteiger partial charge in [0, 0.05) is 12.2 Å². The molecule has 148 valence electrons. The summed E-state index contributed by atoms with van der Waals surface area (Å²) in [6.07, 6.45) is 0. The van der Waals surface area contributed by atoms with E-state index in [1.807, 2.05) is 84.9 Å². The van der Waals surface area contributed by atoms with E-state index in [1.165, 1.54) is 0 Å². The molecule has 0 saturated carbocycles. The summed E-state index contributed by atoms with van der Waals surface area (Å²) < 4.78 is 5.23. The van der Waals surface area contributed by atoms with Crippen LogP contribution in [0.1, 0.15) is 17.2 Å². The lowest BCUT2D eigenvalue weighted by molar-refractivity contribution is 0.255. The average Bonchev–Trinajstić information content (AvgIpc) is 3.09. The van der Waals surface area contributed by atoms with Gasteiger partial charge in [-0.25, -0.2) is 4.79 Å². The molecule has 1 aliphatic rings. The Labute approximate surface area is 176 Å². The first kappa shape index (κ1) is 20.4. The van der Waals surface area contributed by atoms with E-state index in [1.54, 1.807) is 12.0 Å². The molecule has 1 atom stereocenters. The molecule has 0 saturated heterocycles. The quantitative estimate of drug-likeness (QED) is 0.648. The molecule has 0 spiro atoms. The molecule has 2 amide bonds. The minimum absolute atomic E-state index is 0. The lowest BCUT2D eigenvalue weighted by Crippen LogP contribution is -2.35. The summed E-state index contributed by atoms with van der Waals surface area (Å²) in [5, 5.41) is 3.36. The summed E-state index contributed by atoms with van der Waals surface area (Å²) >= 11 is 0. The monoisotopic (exact) mass is 407 g/mol. The molecule has 0 radical (unpaired) electrons. The SMILES string of the molecule is COc1ccc(N2C(=O)N=C(NCc3ccccc3)C2c2ccccc2)cc1.Cl. The first-order valence-electron chi connectivity index (χ1n) is 9.15. The lowest BCUT2D eigenvalue weighted by Gasteiger charge is -2.26. The number of nitrogens with one attached hydrogen (secondary N) is 1. The largest absolute Gasteiger partial charge is 0.497 e. The van der Waals surface area contributed by atoms with Crippen molar-refractivity contribution in [1.29, 1.82) is 0 Å². The van der Waals surface area contributed by atoms with E-state index in [4.69, 9.17) is 4.74 Å². The molecular weight excluding hydrogens is 386 g/mol. The molecular formula is C23H22ClN3O2. The third-order valence-corrected chi connectivity index (χ3v) is 4.72. The van der Waals surface area contributed by atoms with Gasteiger partial charge < -0.3 is 10.1 Å². The molecule has 0 aromatic heterocycles. The minimum Gasteiger partial charge on any atom is -0.497 e. The van der Waals surface area contributed by atoms with Crippen molar-refractivity contribution in [2.45, 2.75) is 12.6 Å². The van der Waals surface area contributed by atoms with E-state index in [9.17, 15) is 4.79 Å². The minimum atomic E-state index is -0.300. The van der Waals surface area contributed by atoms with Gasteiger partial charge in [-0.15, -0.1) is 12.4 Å². The van der Waals surface area contributed by atoms with Crippen molar-refractivity contribution >= 4 is 30.0 Å². The summed E-state index contributed by atoms with van der Waals surface area (Å²) in [6.45, 7) is 0.604. The number of halogens is 1. The number of carbonyl (C=O) groups excluding carboxylic acids is 1. The molecule has 5 nitrogen and oxygen atoms in total. The van der Waals surface area contributed by atoms with Gasteiger partial charge in [0.05, 0.1) is 7.11 Å². The zero-order chi connectivity index (χ0) is 19.3. The summed E-state index contributed by atoms with van der Waals surface area (Å²) in [7, 11) is 1.62. The molecule has 1 N–H and O–H groups in total. The molecule has 0 aliphatic carbocycles. The topological polar surface area (TPSA) is 53.9 Å². The Bertz CT molecular complexity index is 976. The summed E-state index contributed by atoms with van der Waals surface area (Å²) in [5.74, 6) is 1.39. The van der Waals surface area contributed by atoms with E-state index >= 15 is 0 Å². The molecule has 4 rings (SSSR count). The first-order chi connectivity index (χ1) is 13.8. The Morgan fingerprint density at radius 3 is 2.17 bits per heavy atom. The number of ether oxygens (including phenoxy) is 1. The smallest absolute Gasteiger partial charge is 0.350 e. The van der Waals surface area contributed by atoms with E-state index < -0.39 is 0 Å². The second kappa shape index (κ2) is 9.26. The fraction of sp³-hybridized carbons (Fsp3) is 0.130. The third kappa shape index (κ3) is 4.41. The number of anilines is 1. The zero-order valence-corrected chi connectivity index (χ0v) is 16.8. The normalized spacial score (nSPS) is 15.5. The summed E-state index contributed by atoms with van der Waals surface area (Å²) in [5.41, 5.74) is 2.91. The van der Waals surface area contributed by atoms with Crippen molar-refractivity contribution in [1.82, 2.24) is 5.32 Å². The van der Waals surface area contributed by atoms with Crippen LogP contribution in [0.25, 0.3) is 0 Å². The molecule has 1 aliphatic heterocycles. The number of amidine groups is 1. The van der Waals surface area contributed by atoms with Gasteiger partial charge >= 0.3 is 6.03 Å². The fourth-order valence-corrected chi connectivity index (χ4v) is 3.32.